The molecule has 67 heavy (non-hydrogen) atoms. The summed E-state index contributed by atoms with van der Waals surface area (Å²) in [6.07, 6.45) is 11.0. The molecule has 4 saturated heterocycles. The van der Waals surface area contributed by atoms with Crippen LogP contribution in [0.25, 0.3) is 46.0 Å². The molecule has 2 aromatic heterocycles. The predicted octanol–water partition coefficient (Wildman–Crippen LogP) is 8.77. The Balaban J connectivity index is 0.000000169. The second kappa shape index (κ2) is 19.6. The minimum Gasteiger partial charge on any atom is -0.296 e. The molecule has 0 spiro atoms. The van der Waals surface area contributed by atoms with Crippen molar-refractivity contribution in [2.45, 2.75) is 36.6 Å². The zero-order chi connectivity index (χ0) is 46.9. The van der Waals surface area contributed by atoms with Gasteiger partial charge in [0.25, 0.3) is 11.8 Å². The molecule has 6 heterocycles. The Kier molecular flexibility index (Phi) is 13.7. The van der Waals surface area contributed by atoms with E-state index in [1.165, 1.54) is 28.4 Å². The average molecular weight is 1000 g/mol. The van der Waals surface area contributed by atoms with Gasteiger partial charge in [-0.15, -0.1) is 0 Å². The second-order valence-electron chi connectivity index (χ2n) is 16.4. The summed E-state index contributed by atoms with van der Waals surface area (Å²) < 4.78 is 44.6. The van der Waals surface area contributed by atoms with Gasteiger partial charge in [-0.2, -0.15) is 14.5 Å². The number of amides is 2. The van der Waals surface area contributed by atoms with Gasteiger partial charge < -0.3 is 0 Å². The molecule has 2 amide bonds. The highest BCUT2D eigenvalue weighted by Gasteiger charge is 2.41. The molecule has 10 rings (SSSR count). The van der Waals surface area contributed by atoms with Crippen molar-refractivity contribution in [1.82, 2.24) is 33.7 Å². The molecule has 2 atom stereocenters. The summed E-state index contributed by atoms with van der Waals surface area (Å²) in [5.74, 6) is 4.48. The van der Waals surface area contributed by atoms with Gasteiger partial charge in [0.2, 0.25) is 10.0 Å². The Bertz CT molecular complexity index is 3170. The standard InChI is InChI=1S/C25H24N4O3S3.C24H21N3O2S3/c1-27-24(30)22(34-25(27)33)16-19-17-29(20-8-4-2-5-9-20)26-23(19)18-10-12-21(13-11-18)35(31,32)28-14-6-3-7-15-28;1-32(29)13-12-20(16-32)27-23(28)21(31-24(27)30)14-18-15-26(19-10-6-3-7-11-19)25-22(18)17-8-4-2-5-9-17/h2,4-5,8-13,16-17H,3,6-7,14-15H2,1H3;2-11,14-15,20H,1,12-13,16H2/b22-16-;21-14-. The number of para-hydroxylation sites is 2. The van der Waals surface area contributed by atoms with Gasteiger partial charge in [0, 0.05) is 66.3 Å². The number of aromatic nitrogens is 4. The van der Waals surface area contributed by atoms with E-state index in [1.807, 2.05) is 114 Å². The second-order valence-corrected chi connectivity index (χ2v) is 24.3. The van der Waals surface area contributed by atoms with E-state index < -0.39 is 19.5 Å². The molecule has 4 fully saturated rings. The van der Waals surface area contributed by atoms with E-state index in [0.29, 0.717) is 55.2 Å². The van der Waals surface area contributed by atoms with E-state index in [9.17, 15) is 22.2 Å². The van der Waals surface area contributed by atoms with Crippen LogP contribution in [0, 0.1) is 0 Å². The minimum absolute atomic E-state index is 0.131. The first-order valence-corrected chi connectivity index (χ1v) is 27.5. The number of benzene rings is 4. The highest BCUT2D eigenvalue weighted by molar-refractivity contribution is 8.27. The van der Waals surface area contributed by atoms with Gasteiger partial charge in [0.15, 0.2) is 0 Å². The number of sulfonamides is 1. The SMILES string of the molecule is C=S1(=O)CCC(N2C(=O)/C(=C/c3cn(-c4ccccc4)nc3-c3ccccc3)SC2=S)C1.CN1C(=O)/C(=C/c2cn(-c3ccccc3)nc2-c2ccc(S(=O)(=O)N3CCCCC3)cc2)SC1=S. The van der Waals surface area contributed by atoms with Crippen LogP contribution in [0.5, 0.6) is 0 Å². The average Bonchev–Trinajstić information content (AvgIpc) is 4.17. The normalized spacial score (nSPS) is 21.4. The third-order valence-corrected chi connectivity index (χ3v) is 18.4. The molecule has 0 saturated carbocycles. The van der Waals surface area contributed by atoms with Crippen LogP contribution in [0.2, 0.25) is 0 Å². The number of hydrogen-bond donors (Lipinski definition) is 0. The maximum atomic E-state index is 13.3. The van der Waals surface area contributed by atoms with Gasteiger partial charge >= 0.3 is 0 Å². The summed E-state index contributed by atoms with van der Waals surface area (Å²) in [6.45, 7) is 1.12. The van der Waals surface area contributed by atoms with E-state index in [1.54, 1.807) is 51.3 Å². The lowest BCUT2D eigenvalue weighted by Crippen LogP contribution is -2.39. The van der Waals surface area contributed by atoms with E-state index >= 15 is 0 Å². The van der Waals surface area contributed by atoms with Crippen LogP contribution in [-0.2, 0) is 29.1 Å². The molecule has 12 nitrogen and oxygen atoms in total. The third kappa shape index (κ3) is 10.1. The number of thiocarbonyl (C=S) groups is 2. The summed E-state index contributed by atoms with van der Waals surface area (Å²) >= 11 is 13.3. The molecule has 0 N–H and O–H groups in total. The molecule has 4 aromatic carbocycles. The molecular weight excluding hydrogens is 959 g/mol. The van der Waals surface area contributed by atoms with Crippen LogP contribution in [0.4, 0.5) is 0 Å². The molecule has 0 aliphatic carbocycles. The van der Waals surface area contributed by atoms with Gasteiger partial charge in [-0.1, -0.05) is 133 Å². The topological polar surface area (TPSA) is 131 Å². The number of likely N-dealkylation sites (N-methyl/N-ethyl adjacent to an activating group) is 1. The van der Waals surface area contributed by atoms with Crippen molar-refractivity contribution in [3.8, 4) is 33.9 Å². The number of hydrogen-bond acceptors (Lipinski definition) is 11. The van der Waals surface area contributed by atoms with Crippen molar-refractivity contribution >= 4 is 106 Å². The van der Waals surface area contributed by atoms with Gasteiger partial charge in [-0.3, -0.25) is 23.6 Å². The van der Waals surface area contributed by atoms with Crippen LogP contribution in [0.15, 0.2) is 142 Å². The van der Waals surface area contributed by atoms with Crippen LogP contribution in [-0.4, -0.2) is 110 Å². The molecule has 0 bridgehead atoms. The predicted molar refractivity (Wildman–Crippen MR) is 280 cm³/mol. The third-order valence-electron chi connectivity index (χ3n) is 11.7. The first-order valence-electron chi connectivity index (χ1n) is 21.5. The van der Waals surface area contributed by atoms with Crippen molar-refractivity contribution in [2.75, 3.05) is 31.6 Å². The van der Waals surface area contributed by atoms with Gasteiger partial charge in [-0.25, -0.2) is 17.8 Å². The highest BCUT2D eigenvalue weighted by Crippen LogP contribution is 2.38. The van der Waals surface area contributed by atoms with E-state index in [-0.39, 0.29) is 22.8 Å². The summed E-state index contributed by atoms with van der Waals surface area (Å²) in [6, 6.07) is 36.1. The summed E-state index contributed by atoms with van der Waals surface area (Å²) in [5, 5.41) is 9.59. The lowest BCUT2D eigenvalue weighted by atomic mass is 10.1. The fourth-order valence-corrected chi connectivity index (χ4v) is 14.2. The van der Waals surface area contributed by atoms with Gasteiger partial charge in [-0.05, 0) is 83.2 Å². The maximum absolute atomic E-state index is 13.3. The zero-order valence-electron chi connectivity index (χ0n) is 36.3. The Morgan fingerprint density at radius 2 is 1.18 bits per heavy atom. The van der Waals surface area contributed by atoms with Crippen LogP contribution >= 0.6 is 48.0 Å². The number of piperidine rings is 1. The summed E-state index contributed by atoms with van der Waals surface area (Å²) in [7, 11) is -3.98. The highest BCUT2D eigenvalue weighted by atomic mass is 32.2. The van der Waals surface area contributed by atoms with E-state index in [0.717, 1.165) is 58.6 Å². The lowest BCUT2D eigenvalue weighted by molar-refractivity contribution is -0.123. The molecule has 4 aliphatic rings. The molecule has 4 aliphatic heterocycles. The first-order chi connectivity index (χ1) is 32.3. The number of rotatable bonds is 9. The van der Waals surface area contributed by atoms with Gasteiger partial charge in [0.05, 0.1) is 43.5 Å². The Labute approximate surface area is 409 Å². The number of thioether (sulfide) groups is 2. The number of carbonyl (C=O) groups excluding carboxylic acids is 2. The summed E-state index contributed by atoms with van der Waals surface area (Å²) in [4.78, 5) is 30.3. The van der Waals surface area contributed by atoms with Crippen molar-refractivity contribution in [3.63, 3.8) is 0 Å². The largest absolute Gasteiger partial charge is 0.296 e. The number of carbonyl (C=O) groups is 2. The fourth-order valence-electron chi connectivity index (χ4n) is 8.19. The van der Waals surface area contributed by atoms with Gasteiger partial charge in [0.1, 0.15) is 8.64 Å². The van der Waals surface area contributed by atoms with Crippen molar-refractivity contribution in [2.24, 2.45) is 0 Å². The Morgan fingerprint density at radius 3 is 1.67 bits per heavy atom. The van der Waals surface area contributed by atoms with Crippen molar-refractivity contribution < 1.29 is 22.2 Å². The zero-order valence-corrected chi connectivity index (χ0v) is 41.2. The van der Waals surface area contributed by atoms with Crippen LogP contribution in [0.3, 0.4) is 0 Å². The fraction of sp³-hybridized carbons (Fsp3) is 0.204. The van der Waals surface area contributed by atoms with Crippen LogP contribution in [0.1, 0.15) is 36.8 Å². The number of nitrogens with zero attached hydrogens (tertiary/aromatic N) is 7. The smallest absolute Gasteiger partial charge is 0.266 e. The Morgan fingerprint density at radius 1 is 0.687 bits per heavy atom. The minimum atomic E-state index is -3.52. The molecule has 0 radical (unpaired) electrons. The quantitative estimate of drug-likeness (QED) is 0.102. The monoisotopic (exact) mass is 1000 g/mol. The molecule has 6 aromatic rings. The van der Waals surface area contributed by atoms with E-state index in [2.05, 4.69) is 5.87 Å². The van der Waals surface area contributed by atoms with Crippen molar-refractivity contribution in [3.05, 3.63) is 149 Å². The maximum Gasteiger partial charge on any atom is 0.266 e. The van der Waals surface area contributed by atoms with Crippen molar-refractivity contribution in [1.29, 1.82) is 0 Å². The Hall–Kier alpha value is -5.47. The molecule has 18 heteroatoms. The molecule has 2 unspecified atom stereocenters. The van der Waals surface area contributed by atoms with E-state index in [4.69, 9.17) is 34.6 Å². The first kappa shape index (κ1) is 46.6. The summed E-state index contributed by atoms with van der Waals surface area (Å²) in [5.41, 5.74) is 6.57. The van der Waals surface area contributed by atoms with Crippen LogP contribution < -0.4 is 0 Å². The molecule has 342 valence electrons. The lowest BCUT2D eigenvalue weighted by Gasteiger charge is -2.25. The molecular formula is C49H45N7O5S6.